The minimum atomic E-state index is -1.14. The van der Waals surface area contributed by atoms with Gasteiger partial charge in [0.05, 0.1) is 27.7 Å². The second-order valence-electron chi connectivity index (χ2n) is 6.87. The van der Waals surface area contributed by atoms with Crippen LogP contribution in [-0.2, 0) is 4.79 Å². The lowest BCUT2D eigenvalue weighted by molar-refractivity contribution is -0.130. The van der Waals surface area contributed by atoms with Crippen LogP contribution in [0.1, 0.15) is 43.2 Å². The van der Waals surface area contributed by atoms with Crippen LogP contribution in [0.2, 0.25) is 0 Å². The Balaban J connectivity index is 2.37. The molecule has 0 spiro atoms. The molecule has 2 aromatic rings. The van der Waals surface area contributed by atoms with Crippen molar-refractivity contribution in [3.63, 3.8) is 0 Å². The number of anilines is 1. The number of nitrogen functional groups attached to an aromatic ring is 1. The number of aromatic carboxylic acids is 1. The third kappa shape index (κ3) is 3.87. The second-order valence-corrected chi connectivity index (χ2v) is 6.87. The first-order chi connectivity index (χ1) is 12.2. The SMILES string of the molecule is CCCNC(=O)C(C)(C)COc1cccc2nc(C)c(C(=O)O)c(N)c12. The number of nitrogens with zero attached hydrogens (tertiary/aromatic N) is 1. The van der Waals surface area contributed by atoms with Crippen LogP contribution >= 0.6 is 0 Å². The summed E-state index contributed by atoms with van der Waals surface area (Å²) in [5.41, 5.74) is 6.33. The van der Waals surface area contributed by atoms with Crippen molar-refractivity contribution in [1.29, 1.82) is 0 Å². The molecule has 1 aromatic carbocycles. The summed E-state index contributed by atoms with van der Waals surface area (Å²) in [5.74, 6) is -0.831. The van der Waals surface area contributed by atoms with Crippen molar-refractivity contribution in [2.75, 3.05) is 18.9 Å². The van der Waals surface area contributed by atoms with Gasteiger partial charge in [-0.25, -0.2) is 4.79 Å². The molecule has 26 heavy (non-hydrogen) atoms. The van der Waals surface area contributed by atoms with E-state index in [4.69, 9.17) is 10.5 Å². The molecule has 0 radical (unpaired) electrons. The molecule has 0 unspecified atom stereocenters. The van der Waals surface area contributed by atoms with Gasteiger partial charge in [0.15, 0.2) is 0 Å². The van der Waals surface area contributed by atoms with Gasteiger partial charge in [0.25, 0.3) is 0 Å². The fraction of sp³-hybridized carbons (Fsp3) is 0.421. The number of fused-ring (bicyclic) bond motifs is 1. The minimum Gasteiger partial charge on any atom is -0.492 e. The second kappa shape index (κ2) is 7.59. The number of aryl methyl sites for hydroxylation is 1. The number of nitrogens with one attached hydrogen (secondary N) is 1. The van der Waals surface area contributed by atoms with Gasteiger partial charge in [0, 0.05) is 6.54 Å². The lowest BCUT2D eigenvalue weighted by atomic mass is 9.93. The van der Waals surface area contributed by atoms with Crippen LogP contribution in [0.3, 0.4) is 0 Å². The van der Waals surface area contributed by atoms with Crippen molar-refractivity contribution in [2.24, 2.45) is 5.41 Å². The molecule has 1 aromatic heterocycles. The number of carboxylic acids is 1. The number of nitrogens with two attached hydrogens (primary N) is 1. The van der Waals surface area contributed by atoms with E-state index in [9.17, 15) is 14.7 Å². The van der Waals surface area contributed by atoms with E-state index in [0.717, 1.165) is 6.42 Å². The standard InChI is InChI=1S/C19H25N3O4/c1-5-9-21-18(25)19(3,4)10-26-13-8-6-7-12-15(13)16(20)14(17(23)24)11(2)22-12/h6-8H,5,9-10H2,1-4H3,(H2,20,22)(H,21,25)(H,23,24). The number of hydrogen-bond donors (Lipinski definition) is 3. The zero-order valence-corrected chi connectivity index (χ0v) is 15.5. The van der Waals surface area contributed by atoms with E-state index < -0.39 is 11.4 Å². The summed E-state index contributed by atoms with van der Waals surface area (Å²) in [7, 11) is 0. The first-order valence-electron chi connectivity index (χ1n) is 8.52. The monoisotopic (exact) mass is 359 g/mol. The summed E-state index contributed by atoms with van der Waals surface area (Å²) in [6.07, 6.45) is 0.853. The van der Waals surface area contributed by atoms with Gasteiger partial charge in [-0.05, 0) is 39.3 Å². The summed E-state index contributed by atoms with van der Waals surface area (Å²) in [6.45, 7) is 7.90. The first kappa shape index (κ1) is 19.5. The average Bonchev–Trinajstić information content (AvgIpc) is 2.57. The van der Waals surface area contributed by atoms with Crippen LogP contribution in [0.5, 0.6) is 5.75 Å². The number of hydrogen-bond acceptors (Lipinski definition) is 5. The van der Waals surface area contributed by atoms with Gasteiger partial charge in [0.1, 0.15) is 17.9 Å². The molecule has 2 rings (SSSR count). The van der Waals surface area contributed by atoms with E-state index in [1.165, 1.54) is 0 Å². The molecule has 0 aliphatic rings. The molecule has 0 aliphatic heterocycles. The topological polar surface area (TPSA) is 115 Å². The number of pyridine rings is 1. The number of carboxylic acid groups (broad SMARTS) is 1. The summed E-state index contributed by atoms with van der Waals surface area (Å²) in [4.78, 5) is 28.1. The predicted octanol–water partition coefficient (Wildman–Crippen LogP) is 2.75. The number of amides is 1. The maximum Gasteiger partial charge on any atom is 0.339 e. The van der Waals surface area contributed by atoms with E-state index in [1.54, 1.807) is 39.0 Å². The molecule has 1 amide bonds. The number of ether oxygens (including phenoxy) is 1. The molecule has 0 atom stereocenters. The third-order valence-electron chi connectivity index (χ3n) is 4.15. The summed E-state index contributed by atoms with van der Waals surface area (Å²) in [5, 5.41) is 12.7. The number of carbonyl (C=O) groups is 2. The van der Waals surface area contributed by atoms with Gasteiger partial charge in [-0.1, -0.05) is 13.0 Å². The van der Waals surface area contributed by atoms with Crippen molar-refractivity contribution in [3.8, 4) is 5.75 Å². The van der Waals surface area contributed by atoms with E-state index >= 15 is 0 Å². The molecule has 1 heterocycles. The third-order valence-corrected chi connectivity index (χ3v) is 4.15. The zero-order chi connectivity index (χ0) is 19.5. The van der Waals surface area contributed by atoms with Crippen LogP contribution < -0.4 is 15.8 Å². The van der Waals surface area contributed by atoms with Crippen LogP contribution in [0.15, 0.2) is 18.2 Å². The highest BCUT2D eigenvalue weighted by Gasteiger charge is 2.29. The molecule has 0 saturated heterocycles. The van der Waals surface area contributed by atoms with Crippen molar-refractivity contribution in [1.82, 2.24) is 10.3 Å². The van der Waals surface area contributed by atoms with Crippen molar-refractivity contribution in [2.45, 2.75) is 34.1 Å². The molecular weight excluding hydrogens is 334 g/mol. The molecule has 0 saturated carbocycles. The van der Waals surface area contributed by atoms with E-state index in [0.29, 0.717) is 28.9 Å². The van der Waals surface area contributed by atoms with E-state index in [-0.39, 0.29) is 23.8 Å². The Bertz CT molecular complexity index is 846. The lowest BCUT2D eigenvalue weighted by Gasteiger charge is -2.24. The van der Waals surface area contributed by atoms with Gasteiger partial charge in [-0.15, -0.1) is 0 Å². The fourth-order valence-corrected chi connectivity index (χ4v) is 2.63. The normalized spacial score (nSPS) is 11.4. The fourth-order valence-electron chi connectivity index (χ4n) is 2.63. The average molecular weight is 359 g/mol. The summed E-state index contributed by atoms with van der Waals surface area (Å²) in [6, 6.07) is 5.20. The summed E-state index contributed by atoms with van der Waals surface area (Å²) >= 11 is 0. The lowest BCUT2D eigenvalue weighted by Crippen LogP contribution is -2.41. The maximum absolute atomic E-state index is 12.3. The minimum absolute atomic E-state index is 0.0338. The highest BCUT2D eigenvalue weighted by atomic mass is 16.5. The van der Waals surface area contributed by atoms with Crippen LogP contribution in [0, 0.1) is 12.3 Å². The Morgan fingerprint density at radius 3 is 2.65 bits per heavy atom. The molecule has 0 aliphatic carbocycles. The van der Waals surface area contributed by atoms with Crippen LogP contribution in [0.4, 0.5) is 5.69 Å². The van der Waals surface area contributed by atoms with Crippen molar-refractivity contribution < 1.29 is 19.4 Å². The molecule has 0 fully saturated rings. The quantitative estimate of drug-likeness (QED) is 0.700. The number of aromatic nitrogens is 1. The Hall–Kier alpha value is -2.83. The maximum atomic E-state index is 12.3. The van der Waals surface area contributed by atoms with Gasteiger partial charge in [0.2, 0.25) is 5.91 Å². The van der Waals surface area contributed by atoms with Crippen molar-refractivity contribution in [3.05, 3.63) is 29.5 Å². The van der Waals surface area contributed by atoms with Gasteiger partial charge in [-0.3, -0.25) is 9.78 Å². The van der Waals surface area contributed by atoms with Gasteiger partial charge < -0.3 is 20.9 Å². The Labute approximate surface area is 152 Å². The van der Waals surface area contributed by atoms with Crippen molar-refractivity contribution >= 4 is 28.5 Å². The summed E-state index contributed by atoms with van der Waals surface area (Å²) < 4.78 is 5.87. The van der Waals surface area contributed by atoms with Crippen LogP contribution in [0.25, 0.3) is 10.9 Å². The first-order valence-corrected chi connectivity index (χ1v) is 8.52. The molecule has 0 bridgehead atoms. The Morgan fingerprint density at radius 2 is 2.04 bits per heavy atom. The number of benzene rings is 1. The van der Waals surface area contributed by atoms with E-state index in [1.807, 2.05) is 6.92 Å². The Kier molecular flexibility index (Phi) is 5.69. The molecular formula is C19H25N3O4. The smallest absolute Gasteiger partial charge is 0.339 e. The van der Waals surface area contributed by atoms with Crippen LogP contribution in [-0.4, -0.2) is 35.1 Å². The van der Waals surface area contributed by atoms with E-state index in [2.05, 4.69) is 10.3 Å². The highest BCUT2D eigenvalue weighted by molar-refractivity contribution is 6.06. The highest BCUT2D eigenvalue weighted by Crippen LogP contribution is 2.34. The zero-order valence-electron chi connectivity index (χ0n) is 15.5. The van der Waals surface area contributed by atoms with Gasteiger partial charge in [-0.2, -0.15) is 0 Å². The molecule has 140 valence electrons. The Morgan fingerprint density at radius 1 is 1.35 bits per heavy atom. The number of carbonyl (C=O) groups excluding carboxylic acids is 1. The molecule has 7 nitrogen and oxygen atoms in total. The van der Waals surface area contributed by atoms with Gasteiger partial charge >= 0.3 is 5.97 Å². The predicted molar refractivity (Wildman–Crippen MR) is 100 cm³/mol. The largest absolute Gasteiger partial charge is 0.492 e. The molecule has 7 heteroatoms. The molecule has 4 N–H and O–H groups in total. The number of rotatable bonds is 7.